The highest BCUT2D eigenvalue weighted by Gasteiger charge is 2.32. The van der Waals surface area contributed by atoms with Crippen LogP contribution in [-0.2, 0) is 26.2 Å². The Balaban J connectivity index is 1.49. The maximum Gasteiger partial charge on any atom is 0.330 e. The van der Waals surface area contributed by atoms with Crippen molar-refractivity contribution in [1.82, 2.24) is 19.4 Å². The predicted molar refractivity (Wildman–Crippen MR) is 122 cm³/mol. The zero-order chi connectivity index (χ0) is 23.9. The van der Waals surface area contributed by atoms with E-state index in [4.69, 9.17) is 9.72 Å². The summed E-state index contributed by atoms with van der Waals surface area (Å²) in [5.41, 5.74) is 0.260. The van der Waals surface area contributed by atoms with Crippen molar-refractivity contribution in [2.24, 2.45) is 13.0 Å². The fraction of sp³-hybridized carbons (Fsp3) is 0.609. The standard InChI is InChI=1S/C23H31N5O5/c1-23(2,3)33-19(30)13-14-9-11-27(12-10-14)17-7-5-15-20(24-17)26(4)22(32)28(15)16-6-8-18(29)25-21(16)31/h5,7,14,16H,6,8-13H2,1-4H3,(H,25,29,31). The molecule has 2 saturated heterocycles. The summed E-state index contributed by atoms with van der Waals surface area (Å²) in [4.78, 5) is 55.8. The Hall–Kier alpha value is -3.17. The summed E-state index contributed by atoms with van der Waals surface area (Å²) < 4.78 is 8.32. The number of hydrogen-bond acceptors (Lipinski definition) is 7. The van der Waals surface area contributed by atoms with E-state index in [1.807, 2.05) is 32.9 Å². The lowest BCUT2D eigenvalue weighted by molar-refractivity contribution is -0.156. The number of carbonyl (C=O) groups is 3. The number of nitrogens with one attached hydrogen (secondary N) is 1. The Bertz CT molecular complexity index is 1150. The average molecular weight is 458 g/mol. The van der Waals surface area contributed by atoms with Gasteiger partial charge in [-0.15, -0.1) is 0 Å². The van der Waals surface area contributed by atoms with Crippen LogP contribution in [0.25, 0.3) is 11.2 Å². The van der Waals surface area contributed by atoms with Crippen LogP contribution in [0.3, 0.4) is 0 Å². The SMILES string of the molecule is Cn1c(=O)n(C2CCC(=O)NC2=O)c2ccc(N3CCC(CC(=O)OC(C)(C)C)CC3)nc21. The molecular weight excluding hydrogens is 426 g/mol. The molecule has 33 heavy (non-hydrogen) atoms. The van der Waals surface area contributed by atoms with E-state index < -0.39 is 17.6 Å². The number of pyridine rings is 1. The highest BCUT2D eigenvalue weighted by Crippen LogP contribution is 2.28. The summed E-state index contributed by atoms with van der Waals surface area (Å²) in [5.74, 6) is 0.0920. The number of ether oxygens (including phenoxy) is 1. The van der Waals surface area contributed by atoms with Gasteiger partial charge in [0, 0.05) is 33.0 Å². The Morgan fingerprint density at radius 3 is 2.48 bits per heavy atom. The second-order valence-corrected chi connectivity index (χ2v) is 9.91. The van der Waals surface area contributed by atoms with Crippen LogP contribution in [0, 0.1) is 5.92 Å². The zero-order valence-corrected chi connectivity index (χ0v) is 19.6. The van der Waals surface area contributed by atoms with Crippen molar-refractivity contribution in [2.45, 2.75) is 64.5 Å². The number of carbonyl (C=O) groups excluding carboxylic acids is 3. The number of aryl methyl sites for hydroxylation is 1. The number of amides is 2. The summed E-state index contributed by atoms with van der Waals surface area (Å²) >= 11 is 0. The molecular formula is C23H31N5O5. The van der Waals surface area contributed by atoms with Gasteiger partial charge in [-0.3, -0.25) is 28.8 Å². The van der Waals surface area contributed by atoms with Crippen LogP contribution in [0.5, 0.6) is 0 Å². The van der Waals surface area contributed by atoms with Crippen molar-refractivity contribution in [1.29, 1.82) is 0 Å². The number of aromatic nitrogens is 3. The molecule has 2 aliphatic rings. The number of rotatable bonds is 4. The number of fused-ring (bicyclic) bond motifs is 1. The van der Waals surface area contributed by atoms with Gasteiger partial charge < -0.3 is 9.64 Å². The molecule has 2 aromatic rings. The minimum atomic E-state index is -0.727. The lowest BCUT2D eigenvalue weighted by Gasteiger charge is -2.33. The highest BCUT2D eigenvalue weighted by molar-refractivity contribution is 6.00. The van der Waals surface area contributed by atoms with Crippen molar-refractivity contribution in [3.05, 3.63) is 22.6 Å². The van der Waals surface area contributed by atoms with Crippen LogP contribution >= 0.6 is 0 Å². The molecule has 178 valence electrons. The maximum atomic E-state index is 12.9. The monoisotopic (exact) mass is 457 g/mol. The van der Waals surface area contributed by atoms with E-state index in [1.54, 1.807) is 7.05 Å². The Morgan fingerprint density at radius 1 is 1.15 bits per heavy atom. The average Bonchev–Trinajstić information content (AvgIpc) is 2.97. The van der Waals surface area contributed by atoms with Crippen LogP contribution in [-0.4, -0.2) is 50.6 Å². The Labute approximate surface area is 191 Å². The molecule has 1 N–H and O–H groups in total. The van der Waals surface area contributed by atoms with Gasteiger partial charge in [-0.1, -0.05) is 0 Å². The zero-order valence-electron chi connectivity index (χ0n) is 19.6. The molecule has 0 saturated carbocycles. The van der Waals surface area contributed by atoms with E-state index in [0.29, 0.717) is 17.6 Å². The number of imide groups is 1. The lowest BCUT2D eigenvalue weighted by atomic mass is 9.93. The van der Waals surface area contributed by atoms with Gasteiger partial charge in [0.15, 0.2) is 5.65 Å². The van der Waals surface area contributed by atoms with E-state index >= 15 is 0 Å². The fourth-order valence-corrected chi connectivity index (χ4v) is 4.61. The minimum absolute atomic E-state index is 0.162. The van der Waals surface area contributed by atoms with E-state index in [2.05, 4.69) is 10.2 Å². The minimum Gasteiger partial charge on any atom is -0.460 e. The molecule has 0 aliphatic carbocycles. The second-order valence-electron chi connectivity index (χ2n) is 9.91. The van der Waals surface area contributed by atoms with Gasteiger partial charge in [0.05, 0.1) is 5.52 Å². The van der Waals surface area contributed by atoms with Gasteiger partial charge in [-0.25, -0.2) is 9.78 Å². The first-order valence-corrected chi connectivity index (χ1v) is 11.4. The highest BCUT2D eigenvalue weighted by atomic mass is 16.6. The van der Waals surface area contributed by atoms with Gasteiger partial charge >= 0.3 is 11.7 Å². The predicted octanol–water partition coefficient (Wildman–Crippen LogP) is 1.66. The topological polar surface area (TPSA) is 116 Å². The number of hydrogen-bond donors (Lipinski definition) is 1. The van der Waals surface area contributed by atoms with Crippen LogP contribution in [0.4, 0.5) is 5.82 Å². The molecule has 0 spiro atoms. The van der Waals surface area contributed by atoms with Crippen molar-refractivity contribution >= 4 is 34.8 Å². The third-order valence-electron chi connectivity index (χ3n) is 6.25. The largest absolute Gasteiger partial charge is 0.460 e. The van der Waals surface area contributed by atoms with E-state index in [9.17, 15) is 19.2 Å². The molecule has 2 aliphatic heterocycles. The lowest BCUT2D eigenvalue weighted by Crippen LogP contribution is -2.44. The van der Waals surface area contributed by atoms with Gasteiger partial charge in [-0.05, 0) is 58.1 Å². The molecule has 4 heterocycles. The first-order valence-electron chi connectivity index (χ1n) is 11.4. The van der Waals surface area contributed by atoms with E-state index in [0.717, 1.165) is 31.7 Å². The normalized spacial score (nSPS) is 20.2. The summed E-state index contributed by atoms with van der Waals surface area (Å²) in [7, 11) is 1.64. The molecule has 2 fully saturated rings. The van der Waals surface area contributed by atoms with Crippen molar-refractivity contribution < 1.29 is 19.1 Å². The first kappa shape index (κ1) is 23.0. The summed E-state index contributed by atoms with van der Waals surface area (Å²) in [6.07, 6.45) is 2.62. The molecule has 0 radical (unpaired) electrons. The number of anilines is 1. The Morgan fingerprint density at radius 2 is 1.85 bits per heavy atom. The van der Waals surface area contributed by atoms with Gasteiger partial charge in [0.2, 0.25) is 11.8 Å². The molecule has 1 atom stereocenters. The maximum absolute atomic E-state index is 12.9. The third kappa shape index (κ3) is 4.79. The van der Waals surface area contributed by atoms with Crippen molar-refractivity contribution in [3.8, 4) is 0 Å². The van der Waals surface area contributed by atoms with Gasteiger partial charge in [0.1, 0.15) is 17.5 Å². The summed E-state index contributed by atoms with van der Waals surface area (Å²) in [5, 5.41) is 2.31. The second kappa shape index (κ2) is 8.64. The molecule has 1 unspecified atom stereocenters. The van der Waals surface area contributed by atoms with Crippen LogP contribution < -0.4 is 15.9 Å². The van der Waals surface area contributed by atoms with E-state index in [1.165, 1.54) is 9.13 Å². The quantitative estimate of drug-likeness (QED) is 0.548. The summed E-state index contributed by atoms with van der Waals surface area (Å²) in [6, 6.07) is 2.95. The van der Waals surface area contributed by atoms with Crippen LogP contribution in [0.15, 0.2) is 16.9 Å². The van der Waals surface area contributed by atoms with Gasteiger partial charge in [-0.2, -0.15) is 0 Å². The molecule has 2 amide bonds. The first-order chi connectivity index (χ1) is 15.5. The molecule has 0 aromatic carbocycles. The number of nitrogens with zero attached hydrogens (tertiary/aromatic N) is 4. The molecule has 0 bridgehead atoms. The molecule has 4 rings (SSSR count). The fourth-order valence-electron chi connectivity index (χ4n) is 4.61. The van der Waals surface area contributed by atoms with Crippen LogP contribution in [0.2, 0.25) is 0 Å². The molecule has 10 nitrogen and oxygen atoms in total. The summed E-state index contributed by atoms with van der Waals surface area (Å²) in [6.45, 7) is 7.13. The van der Waals surface area contributed by atoms with Crippen molar-refractivity contribution in [3.63, 3.8) is 0 Å². The number of piperidine rings is 2. The number of imidazole rings is 1. The van der Waals surface area contributed by atoms with E-state index in [-0.39, 0.29) is 36.3 Å². The van der Waals surface area contributed by atoms with Crippen LogP contribution in [0.1, 0.15) is 58.9 Å². The third-order valence-corrected chi connectivity index (χ3v) is 6.25. The van der Waals surface area contributed by atoms with Crippen molar-refractivity contribution in [2.75, 3.05) is 18.0 Å². The molecule has 10 heteroatoms. The number of esters is 1. The Kier molecular flexibility index (Phi) is 6.02. The smallest absolute Gasteiger partial charge is 0.330 e. The van der Waals surface area contributed by atoms with Gasteiger partial charge in [0.25, 0.3) is 0 Å². The molecule has 2 aromatic heterocycles.